The van der Waals surface area contributed by atoms with E-state index in [0.29, 0.717) is 34.4 Å². The first-order valence-corrected chi connectivity index (χ1v) is 12.8. The lowest BCUT2D eigenvalue weighted by Gasteiger charge is -2.19. The summed E-state index contributed by atoms with van der Waals surface area (Å²) in [5, 5.41) is 13.4. The Labute approximate surface area is 238 Å². The SMILES string of the molecule is CCc1ccc(F)c(C(c2cc3cc(N)ccc3c(N)n2)c2nc(-c3cccc(C)c3)nn2C)c1.O=C(O)C(F)(F)F. The van der Waals surface area contributed by atoms with E-state index < -0.39 is 18.1 Å². The fourth-order valence-electron chi connectivity index (χ4n) is 4.49. The number of nitrogens with two attached hydrogens (primary N) is 2. The van der Waals surface area contributed by atoms with Crippen LogP contribution in [0.15, 0.2) is 66.7 Å². The van der Waals surface area contributed by atoms with E-state index in [2.05, 4.69) is 5.10 Å². The summed E-state index contributed by atoms with van der Waals surface area (Å²) in [7, 11) is 1.82. The molecule has 5 aromatic rings. The number of aryl methyl sites for hydroxylation is 3. The number of pyridine rings is 1. The second kappa shape index (κ2) is 11.9. The fraction of sp³-hybridized carbons (Fsp3) is 0.200. The van der Waals surface area contributed by atoms with Crippen molar-refractivity contribution in [2.75, 3.05) is 11.5 Å². The molecule has 8 nitrogen and oxygen atoms in total. The van der Waals surface area contributed by atoms with Crippen molar-refractivity contribution >= 4 is 28.2 Å². The zero-order valence-electron chi connectivity index (χ0n) is 22.9. The van der Waals surface area contributed by atoms with E-state index in [1.54, 1.807) is 16.8 Å². The highest BCUT2D eigenvalue weighted by Crippen LogP contribution is 2.36. The Morgan fingerprint density at radius 1 is 1.02 bits per heavy atom. The lowest BCUT2D eigenvalue weighted by Crippen LogP contribution is -2.21. The summed E-state index contributed by atoms with van der Waals surface area (Å²) in [5.74, 6) is -2.21. The number of aromatic nitrogens is 4. The number of nitrogen functional groups attached to an aromatic ring is 2. The van der Waals surface area contributed by atoms with E-state index in [4.69, 9.17) is 31.3 Å². The second-order valence-electron chi connectivity index (χ2n) is 9.64. The number of nitrogens with zero attached hydrogens (tertiary/aromatic N) is 4. The first kappa shape index (κ1) is 30.0. The number of alkyl halides is 3. The molecule has 2 heterocycles. The Kier molecular flexibility index (Phi) is 8.46. The summed E-state index contributed by atoms with van der Waals surface area (Å²) >= 11 is 0. The molecule has 0 saturated carbocycles. The summed E-state index contributed by atoms with van der Waals surface area (Å²) in [6.45, 7) is 4.06. The average Bonchev–Trinajstić information content (AvgIpc) is 3.30. The molecule has 0 spiro atoms. The molecule has 3 aromatic carbocycles. The summed E-state index contributed by atoms with van der Waals surface area (Å²) in [5.41, 5.74) is 17.1. The lowest BCUT2D eigenvalue weighted by atomic mass is 9.91. The smallest absolute Gasteiger partial charge is 0.475 e. The van der Waals surface area contributed by atoms with Crippen LogP contribution in [-0.4, -0.2) is 37.0 Å². The number of carbonyl (C=O) groups is 1. The number of rotatable bonds is 5. The lowest BCUT2D eigenvalue weighted by molar-refractivity contribution is -0.192. The molecule has 0 aliphatic heterocycles. The standard InChI is InChI=1S/C28H27FN6.C2HF3O2/c1-4-17-8-11-23(29)22(13-17)25(24-15-19-14-20(30)9-10-21(19)26(31)32-24)28-33-27(34-35(28)3)18-7-5-6-16(2)12-18;3-2(4,5)1(6)7/h5-15,25H,4,30H2,1-3H3,(H2,31,32);(H,6,7). The van der Waals surface area contributed by atoms with Gasteiger partial charge in [0, 0.05) is 29.2 Å². The molecule has 0 saturated heterocycles. The number of halogens is 4. The van der Waals surface area contributed by atoms with Crippen LogP contribution in [0.4, 0.5) is 29.1 Å². The highest BCUT2D eigenvalue weighted by Gasteiger charge is 2.38. The van der Waals surface area contributed by atoms with E-state index in [-0.39, 0.29) is 5.82 Å². The molecule has 0 aliphatic rings. The van der Waals surface area contributed by atoms with Crippen LogP contribution in [-0.2, 0) is 18.3 Å². The van der Waals surface area contributed by atoms with E-state index in [1.165, 1.54) is 6.07 Å². The molecule has 0 aliphatic carbocycles. The van der Waals surface area contributed by atoms with Crippen molar-refractivity contribution in [1.82, 2.24) is 19.7 Å². The molecular formula is C30H28F4N6O2. The highest BCUT2D eigenvalue weighted by molar-refractivity contribution is 5.93. The van der Waals surface area contributed by atoms with Crippen LogP contribution in [0, 0.1) is 12.7 Å². The molecule has 2 aromatic heterocycles. The number of fused-ring (bicyclic) bond motifs is 1. The Morgan fingerprint density at radius 3 is 2.38 bits per heavy atom. The van der Waals surface area contributed by atoms with Gasteiger partial charge in [-0.1, -0.05) is 42.8 Å². The molecule has 0 fully saturated rings. The van der Waals surface area contributed by atoms with Crippen molar-refractivity contribution in [1.29, 1.82) is 0 Å². The molecule has 218 valence electrons. The number of carboxylic acids is 1. The maximum atomic E-state index is 15.4. The van der Waals surface area contributed by atoms with Crippen LogP contribution < -0.4 is 11.5 Å². The fourth-order valence-corrected chi connectivity index (χ4v) is 4.49. The normalized spacial score (nSPS) is 12.1. The van der Waals surface area contributed by atoms with Crippen molar-refractivity contribution in [2.45, 2.75) is 32.4 Å². The van der Waals surface area contributed by atoms with Crippen LogP contribution in [0.1, 0.15) is 41.1 Å². The minimum absolute atomic E-state index is 0.333. The van der Waals surface area contributed by atoms with Crippen LogP contribution in [0.3, 0.4) is 0 Å². The van der Waals surface area contributed by atoms with Crippen LogP contribution in [0.25, 0.3) is 22.2 Å². The summed E-state index contributed by atoms with van der Waals surface area (Å²) in [6, 6.07) is 20.6. The molecule has 42 heavy (non-hydrogen) atoms. The quantitative estimate of drug-likeness (QED) is 0.171. The van der Waals surface area contributed by atoms with Gasteiger partial charge in [0.1, 0.15) is 17.5 Å². The summed E-state index contributed by atoms with van der Waals surface area (Å²) < 4.78 is 48.8. The van der Waals surface area contributed by atoms with Crippen molar-refractivity contribution in [3.63, 3.8) is 0 Å². The average molecular weight is 581 g/mol. The third-order valence-electron chi connectivity index (χ3n) is 6.55. The second-order valence-corrected chi connectivity index (χ2v) is 9.64. The number of benzene rings is 3. The van der Waals surface area contributed by atoms with Gasteiger partial charge in [0.05, 0.1) is 11.6 Å². The van der Waals surface area contributed by atoms with E-state index in [0.717, 1.165) is 33.9 Å². The van der Waals surface area contributed by atoms with E-state index >= 15 is 4.39 Å². The minimum Gasteiger partial charge on any atom is -0.475 e. The van der Waals surface area contributed by atoms with Crippen molar-refractivity contribution in [3.8, 4) is 11.4 Å². The van der Waals surface area contributed by atoms with Gasteiger partial charge in [-0.15, -0.1) is 0 Å². The van der Waals surface area contributed by atoms with Crippen LogP contribution >= 0.6 is 0 Å². The predicted molar refractivity (Wildman–Crippen MR) is 152 cm³/mol. The molecule has 0 amide bonds. The first-order chi connectivity index (χ1) is 19.8. The number of hydrogen-bond donors (Lipinski definition) is 3. The minimum atomic E-state index is -5.08. The van der Waals surface area contributed by atoms with Crippen LogP contribution in [0.5, 0.6) is 0 Å². The maximum Gasteiger partial charge on any atom is 0.490 e. The van der Waals surface area contributed by atoms with Gasteiger partial charge in [-0.05, 0) is 60.7 Å². The third kappa shape index (κ3) is 6.48. The Bertz CT molecular complexity index is 1770. The summed E-state index contributed by atoms with van der Waals surface area (Å²) in [4.78, 5) is 18.5. The highest BCUT2D eigenvalue weighted by atomic mass is 19.4. The zero-order valence-corrected chi connectivity index (χ0v) is 22.9. The van der Waals surface area contributed by atoms with E-state index in [9.17, 15) is 13.2 Å². The van der Waals surface area contributed by atoms with E-state index in [1.807, 2.05) is 69.4 Å². The van der Waals surface area contributed by atoms with Gasteiger partial charge in [-0.3, -0.25) is 4.68 Å². The van der Waals surface area contributed by atoms with Gasteiger partial charge in [-0.25, -0.2) is 19.2 Å². The molecule has 0 radical (unpaired) electrons. The topological polar surface area (TPSA) is 133 Å². The molecular weight excluding hydrogens is 552 g/mol. The number of aliphatic carboxylic acids is 1. The van der Waals surface area contributed by atoms with Crippen molar-refractivity contribution < 1.29 is 27.5 Å². The number of hydrogen-bond acceptors (Lipinski definition) is 6. The Hall–Kier alpha value is -5.00. The maximum absolute atomic E-state index is 15.4. The molecule has 5 N–H and O–H groups in total. The van der Waals surface area contributed by atoms with Crippen molar-refractivity contribution in [3.05, 3.63) is 101 Å². The number of anilines is 2. The molecule has 1 atom stereocenters. The molecule has 0 bridgehead atoms. The molecule has 1 unspecified atom stereocenters. The third-order valence-corrected chi connectivity index (χ3v) is 6.55. The largest absolute Gasteiger partial charge is 0.490 e. The molecule has 12 heteroatoms. The van der Waals surface area contributed by atoms with Crippen LogP contribution in [0.2, 0.25) is 0 Å². The van der Waals surface area contributed by atoms with Gasteiger partial charge in [-0.2, -0.15) is 18.3 Å². The molecule has 5 rings (SSSR count). The van der Waals surface area contributed by atoms with Gasteiger partial charge in [0.15, 0.2) is 5.82 Å². The zero-order chi connectivity index (χ0) is 30.8. The van der Waals surface area contributed by atoms with Gasteiger partial charge in [0.25, 0.3) is 0 Å². The van der Waals surface area contributed by atoms with Crippen molar-refractivity contribution in [2.24, 2.45) is 7.05 Å². The van der Waals surface area contributed by atoms with Gasteiger partial charge in [0.2, 0.25) is 0 Å². The van der Waals surface area contributed by atoms with Gasteiger partial charge < -0.3 is 16.6 Å². The predicted octanol–water partition coefficient (Wildman–Crippen LogP) is 6.02. The Morgan fingerprint density at radius 2 is 1.74 bits per heavy atom. The monoisotopic (exact) mass is 580 g/mol. The first-order valence-electron chi connectivity index (χ1n) is 12.8. The summed E-state index contributed by atoms with van der Waals surface area (Å²) in [6.07, 6.45) is -4.31. The number of carboxylic acid groups (broad SMARTS) is 1. The van der Waals surface area contributed by atoms with Gasteiger partial charge >= 0.3 is 12.1 Å². The Balaban J connectivity index is 0.000000517.